The van der Waals surface area contributed by atoms with Crippen molar-refractivity contribution in [2.24, 2.45) is 5.73 Å². The number of aryl methyl sites for hydroxylation is 1. The third-order valence-corrected chi connectivity index (χ3v) is 3.15. The monoisotopic (exact) mass is 281 g/mol. The number of hydrogen-bond donors (Lipinski definition) is 1. The normalized spacial score (nSPS) is 12.3. The van der Waals surface area contributed by atoms with E-state index in [0.717, 1.165) is 12.1 Å². The quantitative estimate of drug-likeness (QED) is 0.935. The molecule has 0 aliphatic rings. The molecular formula is C15H14F3NO. The third kappa shape index (κ3) is 2.63. The molecule has 0 amide bonds. The maximum Gasteiger partial charge on any atom is 0.165 e. The van der Waals surface area contributed by atoms with Crippen molar-refractivity contribution in [3.05, 3.63) is 64.5 Å². The standard InChI is InChI=1S/C15H14F3NO/c1-8-5-13(18)10(7-12(8)17)15(19)9-3-4-11(16)14(6-9)20-2/h3-7,15H,19H2,1-2H3. The predicted molar refractivity (Wildman–Crippen MR) is 70.1 cm³/mol. The minimum atomic E-state index is -0.903. The van der Waals surface area contributed by atoms with Crippen molar-refractivity contribution in [1.29, 1.82) is 0 Å². The summed E-state index contributed by atoms with van der Waals surface area (Å²) in [6.07, 6.45) is 0. The SMILES string of the molecule is COc1cc(C(N)c2cc(F)c(C)cc2F)ccc1F. The molecule has 0 radical (unpaired) electrons. The Morgan fingerprint density at radius 3 is 2.35 bits per heavy atom. The van der Waals surface area contributed by atoms with E-state index < -0.39 is 23.5 Å². The van der Waals surface area contributed by atoms with Gasteiger partial charge in [-0.1, -0.05) is 6.07 Å². The van der Waals surface area contributed by atoms with E-state index in [1.807, 2.05) is 0 Å². The molecule has 0 bridgehead atoms. The fourth-order valence-corrected chi connectivity index (χ4v) is 1.95. The van der Waals surface area contributed by atoms with Crippen molar-refractivity contribution in [1.82, 2.24) is 0 Å². The topological polar surface area (TPSA) is 35.2 Å². The molecule has 1 unspecified atom stereocenters. The van der Waals surface area contributed by atoms with Gasteiger partial charge in [0, 0.05) is 5.56 Å². The number of methoxy groups -OCH3 is 1. The highest BCUT2D eigenvalue weighted by atomic mass is 19.1. The van der Waals surface area contributed by atoms with Crippen LogP contribution in [0, 0.1) is 24.4 Å². The fraction of sp³-hybridized carbons (Fsp3) is 0.200. The average molecular weight is 281 g/mol. The molecule has 2 aromatic rings. The van der Waals surface area contributed by atoms with E-state index in [2.05, 4.69) is 0 Å². The van der Waals surface area contributed by atoms with Crippen molar-refractivity contribution >= 4 is 0 Å². The molecule has 0 spiro atoms. The summed E-state index contributed by atoms with van der Waals surface area (Å²) in [7, 11) is 1.32. The van der Waals surface area contributed by atoms with E-state index in [9.17, 15) is 13.2 Å². The minimum absolute atomic E-state index is 0.00550. The lowest BCUT2D eigenvalue weighted by Gasteiger charge is -2.15. The van der Waals surface area contributed by atoms with Crippen LogP contribution in [-0.4, -0.2) is 7.11 Å². The highest BCUT2D eigenvalue weighted by Crippen LogP contribution is 2.28. The zero-order chi connectivity index (χ0) is 14.9. The van der Waals surface area contributed by atoms with Crippen molar-refractivity contribution in [2.45, 2.75) is 13.0 Å². The molecule has 1 atom stereocenters. The van der Waals surface area contributed by atoms with E-state index in [1.165, 1.54) is 32.2 Å². The number of hydrogen-bond acceptors (Lipinski definition) is 2. The van der Waals surface area contributed by atoms with Gasteiger partial charge in [-0.3, -0.25) is 0 Å². The lowest BCUT2D eigenvalue weighted by Crippen LogP contribution is -2.14. The molecule has 0 aliphatic carbocycles. The molecule has 0 fully saturated rings. The van der Waals surface area contributed by atoms with Gasteiger partial charge < -0.3 is 10.5 Å². The second kappa shape index (κ2) is 5.54. The molecule has 0 heterocycles. The smallest absolute Gasteiger partial charge is 0.165 e. The van der Waals surface area contributed by atoms with Crippen molar-refractivity contribution in [3.63, 3.8) is 0 Å². The summed E-state index contributed by atoms with van der Waals surface area (Å²) in [4.78, 5) is 0. The van der Waals surface area contributed by atoms with Crippen LogP contribution in [0.3, 0.4) is 0 Å². The second-order valence-electron chi connectivity index (χ2n) is 4.49. The summed E-state index contributed by atoms with van der Waals surface area (Å²) in [5.41, 5.74) is 6.58. The molecule has 2 aromatic carbocycles. The first-order chi connectivity index (χ1) is 9.43. The molecular weight excluding hydrogens is 267 g/mol. The van der Waals surface area contributed by atoms with Crippen LogP contribution in [0.25, 0.3) is 0 Å². The summed E-state index contributed by atoms with van der Waals surface area (Å²) in [6.45, 7) is 1.47. The van der Waals surface area contributed by atoms with E-state index in [1.54, 1.807) is 0 Å². The summed E-state index contributed by atoms with van der Waals surface area (Å²) in [6, 6.07) is 5.21. The summed E-state index contributed by atoms with van der Waals surface area (Å²) >= 11 is 0. The van der Waals surface area contributed by atoms with Crippen LogP contribution in [0.4, 0.5) is 13.2 Å². The Morgan fingerprint density at radius 1 is 1.00 bits per heavy atom. The highest BCUT2D eigenvalue weighted by Gasteiger charge is 2.17. The van der Waals surface area contributed by atoms with Crippen LogP contribution in [0.1, 0.15) is 22.7 Å². The van der Waals surface area contributed by atoms with Gasteiger partial charge in [0.15, 0.2) is 11.6 Å². The Balaban J connectivity index is 2.46. The third-order valence-electron chi connectivity index (χ3n) is 3.15. The van der Waals surface area contributed by atoms with Gasteiger partial charge in [0.1, 0.15) is 11.6 Å². The first-order valence-electron chi connectivity index (χ1n) is 5.98. The Morgan fingerprint density at radius 2 is 1.70 bits per heavy atom. The number of rotatable bonds is 3. The molecule has 0 saturated heterocycles. The van der Waals surface area contributed by atoms with E-state index in [4.69, 9.17) is 10.5 Å². The van der Waals surface area contributed by atoms with Gasteiger partial charge in [0.05, 0.1) is 13.2 Å². The minimum Gasteiger partial charge on any atom is -0.494 e. The summed E-state index contributed by atoms with van der Waals surface area (Å²) in [5.74, 6) is -1.67. The largest absolute Gasteiger partial charge is 0.494 e. The van der Waals surface area contributed by atoms with Gasteiger partial charge in [-0.25, -0.2) is 13.2 Å². The van der Waals surface area contributed by atoms with Crippen LogP contribution in [0.5, 0.6) is 5.75 Å². The molecule has 2 nitrogen and oxygen atoms in total. The first-order valence-corrected chi connectivity index (χ1v) is 5.98. The zero-order valence-corrected chi connectivity index (χ0v) is 11.1. The molecule has 106 valence electrons. The van der Waals surface area contributed by atoms with Gasteiger partial charge in [0.25, 0.3) is 0 Å². The lowest BCUT2D eigenvalue weighted by molar-refractivity contribution is 0.385. The maximum absolute atomic E-state index is 13.9. The lowest BCUT2D eigenvalue weighted by atomic mass is 9.97. The number of ether oxygens (including phenoxy) is 1. The number of halogens is 3. The van der Waals surface area contributed by atoms with Crippen LogP contribution in [0.2, 0.25) is 0 Å². The zero-order valence-electron chi connectivity index (χ0n) is 11.1. The Bertz CT molecular complexity index is 643. The van der Waals surface area contributed by atoms with E-state index in [-0.39, 0.29) is 16.9 Å². The number of nitrogens with two attached hydrogens (primary N) is 1. The molecule has 0 saturated carbocycles. The molecule has 2 rings (SSSR count). The second-order valence-corrected chi connectivity index (χ2v) is 4.49. The molecule has 20 heavy (non-hydrogen) atoms. The predicted octanol–water partition coefficient (Wildman–Crippen LogP) is 3.47. The molecule has 5 heteroatoms. The number of benzene rings is 2. The fourth-order valence-electron chi connectivity index (χ4n) is 1.95. The van der Waals surface area contributed by atoms with Crippen molar-refractivity contribution in [2.75, 3.05) is 7.11 Å². The Hall–Kier alpha value is -2.01. The molecule has 2 N–H and O–H groups in total. The van der Waals surface area contributed by atoms with E-state index >= 15 is 0 Å². The Kier molecular flexibility index (Phi) is 3.99. The van der Waals surface area contributed by atoms with Gasteiger partial charge >= 0.3 is 0 Å². The molecule has 0 aliphatic heterocycles. The summed E-state index contributed by atoms with van der Waals surface area (Å²) < 4.78 is 45.6. The van der Waals surface area contributed by atoms with Crippen molar-refractivity contribution < 1.29 is 17.9 Å². The molecule has 0 aromatic heterocycles. The average Bonchev–Trinajstić information content (AvgIpc) is 2.42. The van der Waals surface area contributed by atoms with Crippen molar-refractivity contribution in [3.8, 4) is 5.75 Å². The van der Waals surface area contributed by atoms with Gasteiger partial charge in [-0.2, -0.15) is 0 Å². The van der Waals surface area contributed by atoms with Crippen LogP contribution >= 0.6 is 0 Å². The Labute approximate surface area is 115 Å². The summed E-state index contributed by atoms with van der Waals surface area (Å²) in [5, 5.41) is 0. The highest BCUT2D eigenvalue weighted by molar-refractivity contribution is 5.38. The van der Waals surface area contributed by atoms with Crippen LogP contribution in [0.15, 0.2) is 30.3 Å². The first kappa shape index (κ1) is 14.4. The van der Waals surface area contributed by atoms with Gasteiger partial charge in [0.2, 0.25) is 0 Å². The van der Waals surface area contributed by atoms with E-state index in [0.29, 0.717) is 5.56 Å². The van der Waals surface area contributed by atoms with Crippen LogP contribution < -0.4 is 10.5 Å². The maximum atomic E-state index is 13.9. The van der Waals surface area contributed by atoms with Crippen LogP contribution in [-0.2, 0) is 0 Å². The van der Waals surface area contributed by atoms with Gasteiger partial charge in [-0.15, -0.1) is 0 Å². The van der Waals surface area contributed by atoms with Gasteiger partial charge in [-0.05, 0) is 42.3 Å².